The number of aliphatic hydroxyl groups excluding tert-OH is 1. The van der Waals surface area contributed by atoms with E-state index in [4.69, 9.17) is 28.2 Å². The van der Waals surface area contributed by atoms with Crippen molar-refractivity contribution in [2.45, 2.75) is 26.0 Å². The molecule has 0 bridgehead atoms. The van der Waals surface area contributed by atoms with Crippen molar-refractivity contribution in [1.82, 2.24) is 19.7 Å². The Hall–Kier alpha value is -3.50. The summed E-state index contributed by atoms with van der Waals surface area (Å²) >= 11 is 13.7. The van der Waals surface area contributed by atoms with E-state index in [2.05, 4.69) is 23.2 Å². The summed E-state index contributed by atoms with van der Waals surface area (Å²) in [5.74, 6) is -2.17. The Bertz CT molecular complexity index is 1520. The lowest BCUT2D eigenvalue weighted by Gasteiger charge is -2.36. The van der Waals surface area contributed by atoms with Crippen molar-refractivity contribution in [2.24, 2.45) is 5.92 Å². The van der Waals surface area contributed by atoms with Crippen molar-refractivity contribution in [3.8, 4) is 22.4 Å². The number of imide groups is 1. The molecular weight excluding hydrogens is 565 g/mol. The number of halogens is 2. The van der Waals surface area contributed by atoms with Gasteiger partial charge in [-0.1, -0.05) is 66.5 Å². The number of benzene rings is 2. The van der Waals surface area contributed by atoms with Gasteiger partial charge in [0.1, 0.15) is 5.92 Å². The maximum Gasteiger partial charge on any atom is 0.326 e. The molecule has 2 aromatic carbocycles. The van der Waals surface area contributed by atoms with Crippen LogP contribution in [0.3, 0.4) is 0 Å². The smallest absolute Gasteiger partial charge is 0.326 e. The third-order valence-electron chi connectivity index (χ3n) is 7.57. The highest BCUT2D eigenvalue weighted by Crippen LogP contribution is 2.41. The van der Waals surface area contributed by atoms with Gasteiger partial charge >= 0.3 is 6.03 Å². The van der Waals surface area contributed by atoms with E-state index in [0.717, 1.165) is 40.4 Å². The minimum atomic E-state index is -1.05. The van der Waals surface area contributed by atoms with E-state index in [1.165, 1.54) is 19.0 Å². The van der Waals surface area contributed by atoms with Gasteiger partial charge in [0, 0.05) is 62.7 Å². The van der Waals surface area contributed by atoms with Crippen molar-refractivity contribution in [1.29, 1.82) is 0 Å². The lowest BCUT2D eigenvalue weighted by atomic mass is 9.99. The van der Waals surface area contributed by atoms with Gasteiger partial charge < -0.3 is 15.3 Å². The minimum Gasteiger partial charge on any atom is -0.390 e. The third-order valence-corrected chi connectivity index (χ3v) is 8.39. The minimum absolute atomic E-state index is 0.0233. The Morgan fingerprint density at radius 1 is 0.976 bits per heavy atom. The number of β-amino-alcohol motifs (C(OH)–C–C–N with tert-alkyl or cyclic N) is 1. The number of urea groups is 1. The molecule has 41 heavy (non-hydrogen) atoms. The Labute approximate surface area is 248 Å². The number of nitrogens with zero attached hydrogens (tertiary/aromatic N) is 4. The molecule has 1 aromatic heterocycles. The lowest BCUT2D eigenvalue weighted by Crippen LogP contribution is -2.56. The first-order valence-electron chi connectivity index (χ1n) is 13.4. The van der Waals surface area contributed by atoms with Crippen LogP contribution < -0.4 is 5.32 Å². The van der Waals surface area contributed by atoms with Gasteiger partial charge in [0.2, 0.25) is 11.8 Å². The van der Waals surface area contributed by atoms with Gasteiger partial charge in [0.25, 0.3) is 0 Å². The number of likely N-dealkylation sites (tertiary alicyclic amines) is 1. The van der Waals surface area contributed by atoms with Gasteiger partial charge in [-0.25, -0.2) is 4.79 Å². The number of anilines is 1. The maximum atomic E-state index is 13.1. The van der Waals surface area contributed by atoms with Crippen LogP contribution in [0, 0.1) is 5.92 Å². The fourth-order valence-electron chi connectivity index (χ4n) is 5.25. The molecule has 0 radical (unpaired) electrons. The van der Waals surface area contributed by atoms with Gasteiger partial charge in [-0.15, -0.1) is 0 Å². The van der Waals surface area contributed by atoms with Crippen LogP contribution in [0.15, 0.2) is 48.5 Å². The summed E-state index contributed by atoms with van der Waals surface area (Å²) in [6.45, 7) is 4.12. The standard InChI is InChI=1S/C30H31Cl2N5O4/c1-4-23-17(13-37-14-18(38)15-37)11-12-24(33-23)21-9-5-7-19(26(21)31)20-8-6-10-25(27(20)32)34-28(39)22-16-35(2)30(41)36(3)29(22)40/h5-12,18,22,38H,4,13-16H2,1-3H3,(H,34,39). The second-order valence-corrected chi connectivity index (χ2v) is 11.2. The van der Waals surface area contributed by atoms with E-state index < -0.39 is 23.8 Å². The molecule has 1 atom stereocenters. The molecule has 2 aliphatic heterocycles. The second-order valence-electron chi connectivity index (χ2n) is 10.4. The monoisotopic (exact) mass is 595 g/mol. The van der Waals surface area contributed by atoms with Crippen LogP contribution in [-0.4, -0.2) is 82.5 Å². The molecule has 5 rings (SSSR count). The highest BCUT2D eigenvalue weighted by atomic mass is 35.5. The maximum absolute atomic E-state index is 13.1. The van der Waals surface area contributed by atoms with Crippen LogP contribution in [0.5, 0.6) is 0 Å². The fraction of sp³-hybridized carbons (Fsp3) is 0.333. The predicted molar refractivity (Wildman–Crippen MR) is 159 cm³/mol. The molecule has 11 heteroatoms. The normalized spacial score (nSPS) is 18.0. The fourth-order valence-corrected chi connectivity index (χ4v) is 5.85. The van der Waals surface area contributed by atoms with Crippen LogP contribution in [0.25, 0.3) is 22.4 Å². The molecule has 1 unspecified atom stereocenters. The second kappa shape index (κ2) is 11.8. The van der Waals surface area contributed by atoms with Gasteiger partial charge in [-0.3, -0.25) is 24.4 Å². The number of aromatic nitrogens is 1. The number of nitrogens with one attached hydrogen (secondary N) is 1. The lowest BCUT2D eigenvalue weighted by molar-refractivity contribution is -0.140. The number of hydrogen-bond acceptors (Lipinski definition) is 6. The molecule has 3 aromatic rings. The summed E-state index contributed by atoms with van der Waals surface area (Å²) in [7, 11) is 2.89. The van der Waals surface area contributed by atoms with E-state index in [1.807, 2.05) is 30.3 Å². The zero-order valence-corrected chi connectivity index (χ0v) is 24.5. The van der Waals surface area contributed by atoms with E-state index >= 15 is 0 Å². The topological polar surface area (TPSA) is 106 Å². The van der Waals surface area contributed by atoms with Crippen LogP contribution in [0.4, 0.5) is 10.5 Å². The first-order chi connectivity index (χ1) is 19.6. The Kier molecular flexibility index (Phi) is 8.33. The molecule has 214 valence electrons. The highest BCUT2D eigenvalue weighted by Gasteiger charge is 2.39. The van der Waals surface area contributed by atoms with Crippen LogP contribution in [0.2, 0.25) is 10.0 Å². The summed E-state index contributed by atoms with van der Waals surface area (Å²) < 4.78 is 0. The van der Waals surface area contributed by atoms with Gasteiger partial charge in [0.05, 0.1) is 27.5 Å². The SMILES string of the molecule is CCc1nc(-c2cccc(-c3cccc(NC(=O)C4CN(C)C(=O)N(C)C4=O)c3Cl)c2Cl)ccc1CN1CC(O)C1. The zero-order valence-electron chi connectivity index (χ0n) is 23.0. The van der Waals surface area contributed by atoms with Gasteiger partial charge in [-0.05, 0) is 24.1 Å². The van der Waals surface area contributed by atoms with Crippen LogP contribution >= 0.6 is 23.2 Å². The molecule has 2 saturated heterocycles. The van der Waals surface area contributed by atoms with E-state index in [-0.39, 0.29) is 17.7 Å². The number of aryl methyl sites for hydroxylation is 1. The van der Waals surface area contributed by atoms with E-state index in [9.17, 15) is 19.5 Å². The summed E-state index contributed by atoms with van der Waals surface area (Å²) in [5, 5.41) is 13.1. The van der Waals surface area contributed by atoms with Gasteiger partial charge in [0.15, 0.2) is 0 Å². The Balaban J connectivity index is 1.41. The van der Waals surface area contributed by atoms with Crippen molar-refractivity contribution in [3.63, 3.8) is 0 Å². The average molecular weight is 597 g/mol. The number of aliphatic hydroxyl groups is 1. The third kappa shape index (κ3) is 5.67. The zero-order chi connectivity index (χ0) is 29.4. The number of hydrogen-bond donors (Lipinski definition) is 2. The molecule has 3 heterocycles. The molecule has 2 aliphatic rings. The van der Waals surface area contributed by atoms with Crippen molar-refractivity contribution < 1.29 is 19.5 Å². The summed E-state index contributed by atoms with van der Waals surface area (Å²) in [6, 6.07) is 14.4. The van der Waals surface area contributed by atoms with Crippen LogP contribution in [0.1, 0.15) is 18.2 Å². The summed E-state index contributed by atoms with van der Waals surface area (Å²) in [4.78, 5) is 47.1. The molecule has 2 N–H and O–H groups in total. The molecule has 0 aliphatic carbocycles. The number of pyridine rings is 1. The molecular formula is C30H31Cl2N5O4. The molecule has 2 fully saturated rings. The summed E-state index contributed by atoms with van der Waals surface area (Å²) in [6.07, 6.45) is 0.504. The number of rotatable bonds is 7. The van der Waals surface area contributed by atoms with E-state index in [1.54, 1.807) is 12.1 Å². The van der Waals surface area contributed by atoms with Gasteiger partial charge in [-0.2, -0.15) is 0 Å². The molecule has 4 amide bonds. The molecule has 0 saturated carbocycles. The summed E-state index contributed by atoms with van der Waals surface area (Å²) in [5.41, 5.74) is 5.20. The largest absolute Gasteiger partial charge is 0.390 e. The number of carbonyl (C=O) groups excluding carboxylic acids is 3. The number of carbonyl (C=O) groups is 3. The van der Waals surface area contributed by atoms with Crippen molar-refractivity contribution >= 4 is 46.7 Å². The number of amides is 4. The first-order valence-corrected chi connectivity index (χ1v) is 14.1. The molecule has 9 nitrogen and oxygen atoms in total. The molecule has 0 spiro atoms. The first kappa shape index (κ1) is 29.0. The Morgan fingerprint density at radius 3 is 2.32 bits per heavy atom. The highest BCUT2D eigenvalue weighted by molar-refractivity contribution is 6.39. The average Bonchev–Trinajstić information content (AvgIpc) is 2.94. The Morgan fingerprint density at radius 2 is 1.63 bits per heavy atom. The van der Waals surface area contributed by atoms with E-state index in [0.29, 0.717) is 34.9 Å². The quantitative estimate of drug-likeness (QED) is 0.388. The predicted octanol–water partition coefficient (Wildman–Crippen LogP) is 4.54. The van der Waals surface area contributed by atoms with Crippen molar-refractivity contribution in [2.75, 3.05) is 39.0 Å². The van der Waals surface area contributed by atoms with Crippen molar-refractivity contribution in [3.05, 3.63) is 69.8 Å². The van der Waals surface area contributed by atoms with Crippen LogP contribution in [-0.2, 0) is 22.6 Å².